The third kappa shape index (κ3) is 5.28. The molecule has 30 heavy (non-hydrogen) atoms. The summed E-state index contributed by atoms with van der Waals surface area (Å²) in [4.78, 5) is 17.4. The lowest BCUT2D eigenvalue weighted by Gasteiger charge is -2.14. The molecule has 158 valence electrons. The number of hydrogen-bond donors (Lipinski definition) is 1. The van der Waals surface area contributed by atoms with Crippen LogP contribution in [0.25, 0.3) is 11.3 Å². The normalized spacial score (nSPS) is 12.7. The molecule has 0 aliphatic rings. The Morgan fingerprint density at radius 2 is 1.87 bits per heavy atom. The van der Waals surface area contributed by atoms with Gasteiger partial charge in [0.05, 0.1) is 15.8 Å². The second-order valence-electron chi connectivity index (χ2n) is 6.93. The van der Waals surface area contributed by atoms with Crippen molar-refractivity contribution in [1.29, 1.82) is 0 Å². The molecule has 0 fully saturated rings. The smallest absolute Gasteiger partial charge is 0.242 e. The molecule has 3 rings (SSSR count). The molecular weight excluding hydrogens is 438 g/mol. The number of carbonyl (C=O) groups is 1. The topological polar surface area (TPSA) is 79.4 Å². The van der Waals surface area contributed by atoms with Crippen LogP contribution < -0.4 is 5.32 Å². The van der Waals surface area contributed by atoms with Crippen LogP contribution in [0.5, 0.6) is 0 Å². The predicted octanol–water partition coefficient (Wildman–Crippen LogP) is 4.49. The highest BCUT2D eigenvalue weighted by Gasteiger charge is 2.20. The summed E-state index contributed by atoms with van der Waals surface area (Å²) in [6, 6.07) is 14.4. The summed E-state index contributed by atoms with van der Waals surface area (Å²) in [7, 11) is -0.621. The molecular formula is C21H23N3O3S3. The molecule has 0 radical (unpaired) electrons. The Morgan fingerprint density at radius 1 is 1.17 bits per heavy atom. The fourth-order valence-corrected chi connectivity index (χ4v) is 5.48. The molecule has 1 atom stereocenters. The van der Waals surface area contributed by atoms with Gasteiger partial charge in [-0.15, -0.1) is 11.3 Å². The van der Waals surface area contributed by atoms with Gasteiger partial charge >= 0.3 is 0 Å². The van der Waals surface area contributed by atoms with Crippen LogP contribution in [0, 0.1) is 6.92 Å². The van der Waals surface area contributed by atoms with Gasteiger partial charge in [-0.05, 0) is 32.0 Å². The molecule has 3 aromatic rings. The SMILES string of the molecule is Cc1ccc(-c2csc(SC(C)C(=O)Nc3cccc(S(=O)(=O)N(C)C)c3)n2)cc1. The molecule has 1 heterocycles. The number of anilines is 1. The fraction of sp³-hybridized carbons (Fsp3) is 0.238. The van der Waals surface area contributed by atoms with E-state index in [9.17, 15) is 13.2 Å². The molecule has 0 saturated carbocycles. The minimum atomic E-state index is -3.56. The van der Waals surface area contributed by atoms with Gasteiger partial charge in [0.1, 0.15) is 0 Å². The summed E-state index contributed by atoms with van der Waals surface area (Å²) in [6.07, 6.45) is 0. The maximum absolute atomic E-state index is 12.6. The fourth-order valence-electron chi connectivity index (χ4n) is 2.56. The highest BCUT2D eigenvalue weighted by molar-refractivity contribution is 8.02. The number of aryl methyl sites for hydroxylation is 1. The van der Waals surface area contributed by atoms with E-state index in [4.69, 9.17) is 0 Å². The molecule has 0 aliphatic carbocycles. The van der Waals surface area contributed by atoms with Crippen LogP contribution in [0.3, 0.4) is 0 Å². The maximum Gasteiger partial charge on any atom is 0.242 e. The Morgan fingerprint density at radius 3 is 2.53 bits per heavy atom. The average Bonchev–Trinajstić information content (AvgIpc) is 3.17. The van der Waals surface area contributed by atoms with E-state index in [1.807, 2.05) is 36.6 Å². The van der Waals surface area contributed by atoms with Gasteiger partial charge in [-0.1, -0.05) is 47.7 Å². The van der Waals surface area contributed by atoms with Crippen LogP contribution in [0.15, 0.2) is 63.1 Å². The van der Waals surface area contributed by atoms with Crippen LogP contribution in [0.2, 0.25) is 0 Å². The van der Waals surface area contributed by atoms with E-state index in [1.54, 1.807) is 19.1 Å². The second kappa shape index (κ2) is 9.30. The number of nitrogens with zero attached hydrogens (tertiary/aromatic N) is 2. The third-order valence-electron chi connectivity index (χ3n) is 4.36. The molecule has 1 N–H and O–H groups in total. The van der Waals surface area contributed by atoms with Gasteiger partial charge < -0.3 is 5.32 Å². The van der Waals surface area contributed by atoms with Gasteiger partial charge in [-0.25, -0.2) is 17.7 Å². The first-order valence-electron chi connectivity index (χ1n) is 9.19. The third-order valence-corrected chi connectivity index (χ3v) is 8.24. The lowest BCUT2D eigenvalue weighted by molar-refractivity contribution is -0.115. The molecule has 0 saturated heterocycles. The van der Waals surface area contributed by atoms with E-state index in [1.165, 1.54) is 54.9 Å². The average molecular weight is 462 g/mol. The lowest BCUT2D eigenvalue weighted by Crippen LogP contribution is -2.24. The number of thiazole rings is 1. The molecule has 9 heteroatoms. The van der Waals surface area contributed by atoms with Crippen LogP contribution in [0.4, 0.5) is 5.69 Å². The molecule has 0 spiro atoms. The van der Waals surface area contributed by atoms with Crippen molar-refractivity contribution >= 4 is 44.7 Å². The quantitative estimate of drug-likeness (QED) is 0.525. The zero-order valence-electron chi connectivity index (χ0n) is 17.1. The molecule has 0 bridgehead atoms. The van der Waals surface area contributed by atoms with Crippen molar-refractivity contribution in [3.8, 4) is 11.3 Å². The Balaban J connectivity index is 1.66. The number of rotatable bonds is 7. The molecule has 2 aromatic carbocycles. The highest BCUT2D eigenvalue weighted by atomic mass is 32.2. The lowest BCUT2D eigenvalue weighted by atomic mass is 10.1. The first-order valence-corrected chi connectivity index (χ1v) is 12.4. The van der Waals surface area contributed by atoms with Crippen LogP contribution in [-0.2, 0) is 14.8 Å². The summed E-state index contributed by atoms with van der Waals surface area (Å²) in [6.45, 7) is 3.84. The number of nitrogens with one attached hydrogen (secondary N) is 1. The molecule has 1 unspecified atom stereocenters. The highest BCUT2D eigenvalue weighted by Crippen LogP contribution is 2.31. The molecule has 6 nitrogen and oxygen atoms in total. The van der Waals surface area contributed by atoms with E-state index >= 15 is 0 Å². The zero-order chi connectivity index (χ0) is 21.9. The number of hydrogen-bond acceptors (Lipinski definition) is 6. The zero-order valence-corrected chi connectivity index (χ0v) is 19.6. The van der Waals surface area contributed by atoms with Gasteiger partial charge in [-0.2, -0.15) is 0 Å². The van der Waals surface area contributed by atoms with Gasteiger partial charge in [0.15, 0.2) is 4.34 Å². The number of thioether (sulfide) groups is 1. The van der Waals surface area contributed by atoms with E-state index in [0.29, 0.717) is 5.69 Å². The predicted molar refractivity (Wildman–Crippen MR) is 124 cm³/mol. The van der Waals surface area contributed by atoms with E-state index < -0.39 is 15.3 Å². The summed E-state index contributed by atoms with van der Waals surface area (Å²) < 4.78 is 26.5. The van der Waals surface area contributed by atoms with Gasteiger partial charge in [0, 0.05) is 30.7 Å². The van der Waals surface area contributed by atoms with Crippen molar-refractivity contribution in [1.82, 2.24) is 9.29 Å². The van der Waals surface area contributed by atoms with Gasteiger partial charge in [-0.3, -0.25) is 4.79 Å². The Kier molecular flexibility index (Phi) is 6.97. The number of sulfonamides is 1. The van der Waals surface area contributed by atoms with Crippen molar-refractivity contribution in [3.63, 3.8) is 0 Å². The first kappa shape index (κ1) is 22.5. The Hall–Kier alpha value is -2.20. The Labute approximate surface area is 185 Å². The molecule has 1 amide bonds. The van der Waals surface area contributed by atoms with Gasteiger partial charge in [0.2, 0.25) is 15.9 Å². The first-order chi connectivity index (χ1) is 14.2. The maximum atomic E-state index is 12.6. The largest absolute Gasteiger partial charge is 0.325 e. The monoisotopic (exact) mass is 461 g/mol. The van der Waals surface area contributed by atoms with Crippen molar-refractivity contribution in [2.75, 3.05) is 19.4 Å². The summed E-state index contributed by atoms with van der Waals surface area (Å²) >= 11 is 2.87. The minimum Gasteiger partial charge on any atom is -0.325 e. The van der Waals surface area contributed by atoms with Crippen molar-refractivity contribution in [2.24, 2.45) is 0 Å². The van der Waals surface area contributed by atoms with Crippen molar-refractivity contribution in [3.05, 3.63) is 59.5 Å². The summed E-state index contributed by atoms with van der Waals surface area (Å²) in [5.41, 5.74) is 3.56. The van der Waals surface area contributed by atoms with Gasteiger partial charge in [0.25, 0.3) is 0 Å². The number of aromatic nitrogens is 1. The van der Waals surface area contributed by atoms with Crippen LogP contribution in [-0.4, -0.2) is 43.0 Å². The van der Waals surface area contributed by atoms with Crippen molar-refractivity contribution < 1.29 is 13.2 Å². The van der Waals surface area contributed by atoms with E-state index in [0.717, 1.165) is 19.9 Å². The summed E-state index contributed by atoms with van der Waals surface area (Å²) in [5.74, 6) is -0.216. The van der Waals surface area contributed by atoms with Crippen molar-refractivity contribution in [2.45, 2.75) is 28.3 Å². The Bertz CT molecular complexity index is 1140. The second-order valence-corrected chi connectivity index (χ2v) is 11.5. The van der Waals surface area contributed by atoms with E-state index in [-0.39, 0.29) is 10.8 Å². The standard InChI is InChI=1S/C21H23N3O3S3/c1-14-8-10-16(11-9-14)19-13-28-21(23-19)29-15(2)20(25)22-17-6-5-7-18(12-17)30(26,27)24(3)4/h5-13,15H,1-4H3,(H,22,25). The molecule has 0 aliphatic heterocycles. The van der Waals surface area contributed by atoms with Crippen LogP contribution >= 0.6 is 23.1 Å². The summed E-state index contributed by atoms with van der Waals surface area (Å²) in [5, 5.41) is 4.38. The van der Waals surface area contributed by atoms with E-state index in [2.05, 4.69) is 10.3 Å². The molecule has 1 aromatic heterocycles. The number of amides is 1. The van der Waals surface area contributed by atoms with Crippen LogP contribution in [0.1, 0.15) is 12.5 Å². The number of benzene rings is 2. The minimum absolute atomic E-state index is 0.133. The number of carbonyl (C=O) groups excluding carboxylic acids is 1.